The summed E-state index contributed by atoms with van der Waals surface area (Å²) < 4.78 is 13.8. The van der Waals surface area contributed by atoms with Crippen LogP contribution in [0.1, 0.15) is 104 Å². The second kappa shape index (κ2) is 10.9. The number of rotatable bonds is 10. The van der Waals surface area contributed by atoms with E-state index in [2.05, 4.69) is 13.8 Å². The highest BCUT2D eigenvalue weighted by Gasteiger charge is 2.41. The van der Waals surface area contributed by atoms with Crippen molar-refractivity contribution in [2.24, 2.45) is 0 Å². The maximum Gasteiger partial charge on any atom is 0.338 e. The molecule has 23 heavy (non-hydrogen) atoms. The van der Waals surface area contributed by atoms with E-state index < -0.39 is 8.56 Å². The van der Waals surface area contributed by atoms with Crippen molar-refractivity contribution >= 4 is 8.56 Å². The highest BCUT2D eigenvalue weighted by Crippen LogP contribution is 2.34. The minimum Gasteiger partial charge on any atom is -0.391 e. The van der Waals surface area contributed by atoms with E-state index in [4.69, 9.17) is 8.85 Å². The van der Waals surface area contributed by atoms with Gasteiger partial charge in [-0.05, 0) is 37.8 Å². The molecule has 0 bridgehead atoms. The lowest BCUT2D eigenvalue weighted by atomic mass is 9.98. The molecule has 0 amide bonds. The molecule has 0 aliphatic heterocycles. The molecule has 2 fully saturated rings. The summed E-state index contributed by atoms with van der Waals surface area (Å²) in [6.45, 7) is 4.61. The second-order valence-corrected chi connectivity index (χ2v) is 11.2. The first-order valence-electron chi connectivity index (χ1n) is 10.6. The van der Waals surface area contributed by atoms with E-state index in [-0.39, 0.29) is 0 Å². The molecule has 136 valence electrons. The molecule has 0 aromatic carbocycles. The maximum absolute atomic E-state index is 6.90. The van der Waals surface area contributed by atoms with E-state index in [1.54, 1.807) is 0 Å². The largest absolute Gasteiger partial charge is 0.391 e. The Balaban J connectivity index is 2.02. The van der Waals surface area contributed by atoms with Crippen LogP contribution in [-0.4, -0.2) is 20.8 Å². The van der Waals surface area contributed by atoms with E-state index >= 15 is 0 Å². The van der Waals surface area contributed by atoms with Gasteiger partial charge in [0, 0.05) is 12.2 Å². The Kier molecular flexibility index (Phi) is 9.21. The van der Waals surface area contributed by atoms with Gasteiger partial charge in [0.1, 0.15) is 0 Å². The monoisotopic (exact) mass is 340 g/mol. The molecule has 2 aliphatic rings. The molecule has 0 unspecified atom stereocenters. The van der Waals surface area contributed by atoms with Crippen LogP contribution in [0, 0.1) is 0 Å². The van der Waals surface area contributed by atoms with Gasteiger partial charge in [-0.25, -0.2) is 0 Å². The summed E-state index contributed by atoms with van der Waals surface area (Å²) >= 11 is 0. The van der Waals surface area contributed by atoms with Crippen molar-refractivity contribution in [1.29, 1.82) is 0 Å². The zero-order chi connectivity index (χ0) is 16.4. The summed E-state index contributed by atoms with van der Waals surface area (Å²) in [5, 5.41) is 0. The molecule has 0 spiro atoms. The molecule has 2 rings (SSSR count). The first kappa shape index (κ1) is 19.5. The topological polar surface area (TPSA) is 18.5 Å². The third kappa shape index (κ3) is 6.87. The van der Waals surface area contributed by atoms with Gasteiger partial charge in [-0.2, -0.15) is 0 Å². The van der Waals surface area contributed by atoms with Gasteiger partial charge >= 0.3 is 8.56 Å². The van der Waals surface area contributed by atoms with Crippen LogP contribution >= 0.6 is 0 Å². The fourth-order valence-electron chi connectivity index (χ4n) is 4.25. The van der Waals surface area contributed by atoms with E-state index in [1.165, 1.54) is 102 Å². The van der Waals surface area contributed by atoms with Crippen LogP contribution in [-0.2, 0) is 8.85 Å². The average molecular weight is 341 g/mol. The molecule has 2 nitrogen and oxygen atoms in total. The van der Waals surface area contributed by atoms with Gasteiger partial charge in [-0.15, -0.1) is 0 Å². The Hall–Kier alpha value is 0.137. The molecule has 0 saturated heterocycles. The fourth-order valence-corrected chi connectivity index (χ4v) is 8.50. The molecule has 0 aromatic heterocycles. The molecule has 0 atom stereocenters. The molecule has 0 N–H and O–H groups in total. The molecule has 0 aromatic rings. The maximum atomic E-state index is 6.90. The van der Waals surface area contributed by atoms with Gasteiger partial charge < -0.3 is 8.85 Å². The fraction of sp³-hybridized carbons (Fsp3) is 1.00. The van der Waals surface area contributed by atoms with Crippen molar-refractivity contribution in [3.05, 3.63) is 0 Å². The summed E-state index contributed by atoms with van der Waals surface area (Å²) in [5.41, 5.74) is 0. The van der Waals surface area contributed by atoms with Crippen LogP contribution in [0.15, 0.2) is 0 Å². The lowest BCUT2D eigenvalue weighted by molar-refractivity contribution is 0.0454. The normalized spacial score (nSPS) is 21.7. The molecule has 2 saturated carbocycles. The van der Waals surface area contributed by atoms with Gasteiger partial charge in [0.05, 0.1) is 0 Å². The lowest BCUT2D eigenvalue weighted by Gasteiger charge is -2.39. The van der Waals surface area contributed by atoms with Crippen LogP contribution in [0.2, 0.25) is 12.1 Å². The Morgan fingerprint density at radius 1 is 0.652 bits per heavy atom. The van der Waals surface area contributed by atoms with Crippen LogP contribution < -0.4 is 0 Å². The first-order chi connectivity index (χ1) is 11.3. The van der Waals surface area contributed by atoms with Gasteiger partial charge in [0.2, 0.25) is 0 Å². The Labute approximate surface area is 146 Å². The van der Waals surface area contributed by atoms with E-state index in [1.807, 2.05) is 0 Å². The highest BCUT2D eigenvalue weighted by molar-refractivity contribution is 6.67. The Morgan fingerprint density at radius 3 is 1.39 bits per heavy atom. The number of hydrogen-bond acceptors (Lipinski definition) is 2. The predicted molar refractivity (Wildman–Crippen MR) is 101 cm³/mol. The number of unbranched alkanes of at least 4 members (excludes halogenated alkanes) is 2. The van der Waals surface area contributed by atoms with Crippen LogP contribution in [0.3, 0.4) is 0 Å². The molecule has 3 heteroatoms. The van der Waals surface area contributed by atoms with Crippen molar-refractivity contribution < 1.29 is 8.85 Å². The summed E-state index contributed by atoms with van der Waals surface area (Å²) in [4.78, 5) is 0. The van der Waals surface area contributed by atoms with Gasteiger partial charge in [0.25, 0.3) is 0 Å². The quantitative estimate of drug-likeness (QED) is 0.411. The third-order valence-electron chi connectivity index (χ3n) is 5.69. The SMILES string of the molecule is CCCC[Si](CCCC)(OC1CCCCC1)OC1CCCCC1. The van der Waals surface area contributed by atoms with Gasteiger partial charge in [-0.1, -0.05) is 78.1 Å². The zero-order valence-corrected chi connectivity index (χ0v) is 16.8. The summed E-state index contributed by atoms with van der Waals surface area (Å²) in [5.74, 6) is 0. The first-order valence-corrected chi connectivity index (χ1v) is 12.9. The molecular formula is C20H40O2Si. The van der Waals surface area contributed by atoms with E-state index in [0.717, 1.165) is 0 Å². The summed E-state index contributed by atoms with van der Waals surface area (Å²) in [7, 11) is -2.01. The minimum absolute atomic E-state index is 0.507. The Bertz CT molecular complexity index is 266. The standard InChI is InChI=1S/C20H40O2Si/c1-3-5-17-23(18-6-4-2,21-19-13-9-7-10-14-19)22-20-15-11-8-12-16-20/h19-20H,3-18H2,1-2H3. The lowest BCUT2D eigenvalue weighted by Crippen LogP contribution is -2.48. The van der Waals surface area contributed by atoms with Crippen molar-refractivity contribution in [2.75, 3.05) is 0 Å². The molecule has 0 radical (unpaired) electrons. The van der Waals surface area contributed by atoms with Crippen LogP contribution in [0.5, 0.6) is 0 Å². The number of hydrogen-bond donors (Lipinski definition) is 0. The minimum atomic E-state index is -2.01. The summed E-state index contributed by atoms with van der Waals surface area (Å²) in [6, 6.07) is 2.47. The van der Waals surface area contributed by atoms with Crippen LogP contribution in [0.25, 0.3) is 0 Å². The molecular weight excluding hydrogens is 300 g/mol. The third-order valence-corrected chi connectivity index (χ3v) is 9.45. The van der Waals surface area contributed by atoms with Crippen molar-refractivity contribution in [2.45, 2.75) is 128 Å². The van der Waals surface area contributed by atoms with Crippen molar-refractivity contribution in [3.8, 4) is 0 Å². The Morgan fingerprint density at radius 2 is 1.04 bits per heavy atom. The predicted octanol–water partition coefficient (Wildman–Crippen LogP) is 6.73. The highest BCUT2D eigenvalue weighted by atomic mass is 28.4. The van der Waals surface area contributed by atoms with Gasteiger partial charge in [0.15, 0.2) is 0 Å². The second-order valence-electron chi connectivity index (χ2n) is 7.87. The van der Waals surface area contributed by atoms with Crippen molar-refractivity contribution in [3.63, 3.8) is 0 Å². The average Bonchev–Trinajstić information content (AvgIpc) is 2.60. The summed E-state index contributed by atoms with van der Waals surface area (Å²) in [6.07, 6.45) is 19.5. The molecule has 0 heterocycles. The smallest absolute Gasteiger partial charge is 0.338 e. The van der Waals surface area contributed by atoms with E-state index in [0.29, 0.717) is 12.2 Å². The zero-order valence-electron chi connectivity index (χ0n) is 15.8. The van der Waals surface area contributed by atoms with Crippen molar-refractivity contribution in [1.82, 2.24) is 0 Å². The van der Waals surface area contributed by atoms with Gasteiger partial charge in [-0.3, -0.25) is 0 Å². The van der Waals surface area contributed by atoms with E-state index in [9.17, 15) is 0 Å². The molecule has 2 aliphatic carbocycles. The van der Waals surface area contributed by atoms with Crippen LogP contribution in [0.4, 0.5) is 0 Å².